The molecule has 0 heterocycles. The lowest BCUT2D eigenvalue weighted by atomic mass is 10.0. The summed E-state index contributed by atoms with van der Waals surface area (Å²) in [6.07, 6.45) is 34.2. The number of hydrogen-bond acceptors (Lipinski definition) is 6. The van der Waals surface area contributed by atoms with Crippen molar-refractivity contribution in [3.63, 3.8) is 0 Å². The second-order valence-electron chi connectivity index (χ2n) is 12.5. The van der Waals surface area contributed by atoms with E-state index in [2.05, 4.69) is 79.9 Å². The molecule has 0 radical (unpaired) electrons. The molecular weight excluding hydrogens is 587 g/mol. The van der Waals surface area contributed by atoms with E-state index in [0.29, 0.717) is 23.9 Å². The number of carbonyl (C=O) groups excluding carboxylic acids is 1. The fraction of sp³-hybridized carbons (Fsp3) is 0.694. The summed E-state index contributed by atoms with van der Waals surface area (Å²) in [6.45, 7) is 4.40. The highest BCUT2D eigenvalue weighted by atomic mass is 31.2. The number of amides is 1. The first-order chi connectivity index (χ1) is 21.5. The number of phosphoric ester groups is 1. The summed E-state index contributed by atoms with van der Waals surface area (Å²) in [5, 5.41) is 13.5. The number of quaternary nitrogens is 1. The third kappa shape index (κ3) is 30.6. The molecule has 0 rings (SSSR count). The van der Waals surface area contributed by atoms with Crippen molar-refractivity contribution >= 4 is 13.7 Å². The minimum atomic E-state index is -4.55. The normalized spacial score (nSPS) is 15.6. The first-order valence-corrected chi connectivity index (χ1v) is 18.6. The Morgan fingerprint density at radius 3 is 1.91 bits per heavy atom. The van der Waals surface area contributed by atoms with E-state index >= 15 is 0 Å². The molecular formula is C36H65N2O6P. The van der Waals surface area contributed by atoms with Gasteiger partial charge in [0.05, 0.1) is 39.9 Å². The van der Waals surface area contributed by atoms with Crippen molar-refractivity contribution in [3.05, 3.63) is 60.8 Å². The Kier molecular flexibility index (Phi) is 27.3. The van der Waals surface area contributed by atoms with Crippen molar-refractivity contribution in [2.45, 2.75) is 122 Å². The molecule has 45 heavy (non-hydrogen) atoms. The standard InChI is InChI=1S/C36H65N2O6P/c1-6-8-10-12-13-14-15-16-17-18-19-20-21-22-23-24-25-26-28-30-36(40)37-34(35(39)29-27-11-9-7-2)33-44-45(41,42)43-32-31-38(3,4)5/h8,10,13-14,16-17,19-20,22-23,34-35,39H,6-7,9,11-12,15,18,21,24-33H2,1-5H3,(H-,37,40,41,42)/b10-8-,14-13-,17-16-,20-19-,23-22-. The van der Waals surface area contributed by atoms with E-state index in [1.807, 2.05) is 21.1 Å². The van der Waals surface area contributed by atoms with E-state index in [1.165, 1.54) is 0 Å². The lowest BCUT2D eigenvalue weighted by molar-refractivity contribution is -0.870. The van der Waals surface area contributed by atoms with E-state index in [9.17, 15) is 19.4 Å². The Hall–Kier alpha value is -1.80. The minimum absolute atomic E-state index is 0.000493. The summed E-state index contributed by atoms with van der Waals surface area (Å²) in [4.78, 5) is 24.9. The Morgan fingerprint density at radius 1 is 0.800 bits per heavy atom. The number of likely N-dealkylation sites (N-methyl/N-ethyl adjacent to an activating group) is 1. The Balaban J connectivity index is 4.34. The number of rotatable bonds is 29. The predicted molar refractivity (Wildman–Crippen MR) is 187 cm³/mol. The van der Waals surface area contributed by atoms with Crippen LogP contribution in [0, 0.1) is 0 Å². The van der Waals surface area contributed by atoms with Gasteiger partial charge in [-0.1, -0.05) is 107 Å². The number of allylic oxidation sites excluding steroid dienone is 10. The summed E-state index contributed by atoms with van der Waals surface area (Å²) in [5.41, 5.74) is 0. The van der Waals surface area contributed by atoms with Crippen LogP contribution in [0.2, 0.25) is 0 Å². The largest absolute Gasteiger partial charge is 0.756 e. The van der Waals surface area contributed by atoms with Gasteiger partial charge in [0, 0.05) is 6.42 Å². The molecule has 0 aromatic rings. The fourth-order valence-corrected chi connectivity index (χ4v) is 4.96. The van der Waals surface area contributed by atoms with Gasteiger partial charge in [-0.3, -0.25) is 9.36 Å². The van der Waals surface area contributed by atoms with Gasteiger partial charge in [0.2, 0.25) is 5.91 Å². The van der Waals surface area contributed by atoms with Crippen LogP contribution in [0.5, 0.6) is 0 Å². The maximum absolute atomic E-state index is 12.6. The predicted octanol–water partition coefficient (Wildman–Crippen LogP) is 7.71. The van der Waals surface area contributed by atoms with Crippen molar-refractivity contribution in [2.75, 3.05) is 40.9 Å². The first kappa shape index (κ1) is 43.2. The SMILES string of the molecule is CC/C=C\C/C=C\C/C=C\C/C=C\C/C=C\CCCCCC(=O)NC(COP(=O)([O-])OCC[N+](C)(C)C)C(O)CCCCCC. The fourth-order valence-electron chi connectivity index (χ4n) is 4.24. The van der Waals surface area contributed by atoms with Crippen LogP contribution in [-0.2, 0) is 18.4 Å². The number of unbranched alkanes of at least 4 members (excludes halogenated alkanes) is 6. The zero-order valence-corrected chi connectivity index (χ0v) is 29.9. The van der Waals surface area contributed by atoms with Crippen molar-refractivity contribution in [1.82, 2.24) is 5.32 Å². The maximum Gasteiger partial charge on any atom is 0.268 e. The number of carbonyl (C=O) groups is 1. The lowest BCUT2D eigenvalue weighted by Crippen LogP contribution is -2.46. The second kappa shape index (κ2) is 28.4. The first-order valence-electron chi connectivity index (χ1n) is 17.1. The van der Waals surface area contributed by atoms with Gasteiger partial charge in [0.1, 0.15) is 13.2 Å². The zero-order valence-electron chi connectivity index (χ0n) is 29.0. The highest BCUT2D eigenvalue weighted by Gasteiger charge is 2.24. The van der Waals surface area contributed by atoms with Crippen molar-refractivity contribution in [2.24, 2.45) is 0 Å². The molecule has 8 nitrogen and oxygen atoms in total. The maximum atomic E-state index is 12.6. The molecule has 3 atom stereocenters. The number of aliphatic hydroxyl groups excluding tert-OH is 1. The highest BCUT2D eigenvalue weighted by Crippen LogP contribution is 2.38. The van der Waals surface area contributed by atoms with Crippen LogP contribution < -0.4 is 10.2 Å². The third-order valence-corrected chi connectivity index (χ3v) is 7.98. The van der Waals surface area contributed by atoms with E-state index in [1.54, 1.807) is 0 Å². The molecule has 2 N–H and O–H groups in total. The van der Waals surface area contributed by atoms with Gasteiger partial charge < -0.3 is 28.8 Å². The van der Waals surface area contributed by atoms with Crippen LogP contribution in [0.3, 0.4) is 0 Å². The Morgan fingerprint density at radius 2 is 1.36 bits per heavy atom. The molecule has 260 valence electrons. The number of phosphoric acid groups is 1. The van der Waals surface area contributed by atoms with Gasteiger partial charge in [0.15, 0.2) is 0 Å². The highest BCUT2D eigenvalue weighted by molar-refractivity contribution is 7.45. The van der Waals surface area contributed by atoms with Gasteiger partial charge in [-0.15, -0.1) is 0 Å². The third-order valence-electron chi connectivity index (χ3n) is 7.02. The summed E-state index contributed by atoms with van der Waals surface area (Å²) >= 11 is 0. The average Bonchev–Trinajstić information content (AvgIpc) is 2.97. The number of nitrogens with zero attached hydrogens (tertiary/aromatic N) is 1. The molecule has 0 saturated heterocycles. The smallest absolute Gasteiger partial charge is 0.268 e. The minimum Gasteiger partial charge on any atom is -0.756 e. The quantitative estimate of drug-likeness (QED) is 0.0371. The second-order valence-corrected chi connectivity index (χ2v) is 13.9. The van der Waals surface area contributed by atoms with Gasteiger partial charge in [-0.05, 0) is 57.8 Å². The van der Waals surface area contributed by atoms with Gasteiger partial charge in [-0.2, -0.15) is 0 Å². The van der Waals surface area contributed by atoms with Gasteiger partial charge in [-0.25, -0.2) is 0 Å². The molecule has 9 heteroatoms. The summed E-state index contributed by atoms with van der Waals surface area (Å²) in [6, 6.07) is -0.815. The molecule has 0 aliphatic rings. The molecule has 3 unspecified atom stereocenters. The van der Waals surface area contributed by atoms with E-state index < -0.39 is 20.0 Å². The van der Waals surface area contributed by atoms with E-state index in [4.69, 9.17) is 9.05 Å². The Bertz CT molecular complexity index is 923. The molecule has 1 amide bonds. The molecule has 0 aromatic heterocycles. The molecule has 0 saturated carbocycles. The van der Waals surface area contributed by atoms with Crippen molar-refractivity contribution in [1.29, 1.82) is 0 Å². The van der Waals surface area contributed by atoms with Crippen LogP contribution in [0.15, 0.2) is 60.8 Å². The lowest BCUT2D eigenvalue weighted by Gasteiger charge is -2.30. The summed E-state index contributed by atoms with van der Waals surface area (Å²) < 4.78 is 22.9. The molecule has 0 fully saturated rings. The average molecular weight is 653 g/mol. The zero-order chi connectivity index (χ0) is 33.7. The molecule has 0 bridgehead atoms. The number of aliphatic hydroxyl groups is 1. The van der Waals surface area contributed by atoms with Gasteiger partial charge in [0.25, 0.3) is 7.82 Å². The topological polar surface area (TPSA) is 108 Å². The summed E-state index contributed by atoms with van der Waals surface area (Å²) in [5.74, 6) is -0.210. The van der Waals surface area contributed by atoms with E-state index in [-0.39, 0.29) is 19.1 Å². The van der Waals surface area contributed by atoms with Crippen LogP contribution in [0.1, 0.15) is 110 Å². The Labute approximate surface area is 275 Å². The molecule has 0 aromatic carbocycles. The van der Waals surface area contributed by atoms with Crippen LogP contribution in [0.4, 0.5) is 0 Å². The molecule has 0 aliphatic heterocycles. The molecule has 0 aliphatic carbocycles. The van der Waals surface area contributed by atoms with Crippen LogP contribution in [-0.4, -0.2) is 68.5 Å². The van der Waals surface area contributed by atoms with Gasteiger partial charge >= 0.3 is 0 Å². The number of nitrogens with one attached hydrogen (secondary N) is 1. The summed E-state index contributed by atoms with van der Waals surface area (Å²) in [7, 11) is 1.26. The van der Waals surface area contributed by atoms with Crippen LogP contribution in [0.25, 0.3) is 0 Å². The monoisotopic (exact) mass is 652 g/mol. The molecule has 0 spiro atoms. The van der Waals surface area contributed by atoms with E-state index in [0.717, 1.165) is 83.5 Å². The van der Waals surface area contributed by atoms with Crippen LogP contribution >= 0.6 is 7.82 Å². The number of hydrogen-bond donors (Lipinski definition) is 2. The van der Waals surface area contributed by atoms with Crippen molar-refractivity contribution in [3.8, 4) is 0 Å². The van der Waals surface area contributed by atoms with Crippen molar-refractivity contribution < 1.29 is 32.9 Å².